The Kier molecular flexibility index (Phi) is 6.47. The van der Waals surface area contributed by atoms with Gasteiger partial charge in [-0.3, -0.25) is 5.10 Å². The molecular weight excluding hydrogens is 448 g/mol. The fraction of sp³-hybridized carbons (Fsp3) is 0.111. The number of sulfone groups is 1. The molecule has 2 N–H and O–H groups in total. The third kappa shape index (κ3) is 5.00. The maximum Gasteiger partial charge on any atom is 0.328 e. The van der Waals surface area contributed by atoms with Crippen LogP contribution >= 0.6 is 0 Å². The maximum absolute atomic E-state index is 12.2. The largest absolute Gasteiger partial charge is 0.478 e. The van der Waals surface area contributed by atoms with Crippen LogP contribution in [0.5, 0.6) is 0 Å². The van der Waals surface area contributed by atoms with Crippen LogP contribution in [0, 0.1) is 0 Å². The summed E-state index contributed by atoms with van der Waals surface area (Å²) in [6, 6.07) is 20.7. The van der Waals surface area contributed by atoms with Crippen molar-refractivity contribution in [3.63, 3.8) is 0 Å². The van der Waals surface area contributed by atoms with Gasteiger partial charge in [0, 0.05) is 17.7 Å². The van der Waals surface area contributed by atoms with Crippen LogP contribution in [0.1, 0.15) is 35.6 Å². The number of rotatable bonds is 7. The molecule has 0 fully saturated rings. The first-order chi connectivity index (χ1) is 16.3. The summed E-state index contributed by atoms with van der Waals surface area (Å²) in [5, 5.41) is 17.0. The number of aromatic amines is 1. The Bertz CT molecular complexity index is 1530. The highest BCUT2D eigenvalue weighted by molar-refractivity contribution is 7.90. The van der Waals surface area contributed by atoms with E-state index in [1.54, 1.807) is 30.5 Å². The number of hydrogen-bond acceptors (Lipinski definition) is 4. The van der Waals surface area contributed by atoms with Gasteiger partial charge in [-0.2, -0.15) is 5.10 Å². The number of hydrogen-bond donors (Lipinski definition) is 2. The predicted molar refractivity (Wildman–Crippen MR) is 135 cm³/mol. The zero-order valence-electron chi connectivity index (χ0n) is 18.8. The van der Waals surface area contributed by atoms with Crippen LogP contribution in [0.3, 0.4) is 0 Å². The van der Waals surface area contributed by atoms with Crippen molar-refractivity contribution in [3.05, 3.63) is 101 Å². The quantitative estimate of drug-likeness (QED) is 0.276. The fourth-order valence-corrected chi connectivity index (χ4v) is 4.65. The molecule has 0 atom stereocenters. The first kappa shape index (κ1) is 23.2. The minimum Gasteiger partial charge on any atom is -0.478 e. The molecule has 0 bridgehead atoms. The summed E-state index contributed by atoms with van der Waals surface area (Å²) in [5.74, 6) is -1.00. The monoisotopic (exact) mass is 472 g/mol. The minimum atomic E-state index is -3.35. The van der Waals surface area contributed by atoms with Crippen LogP contribution in [0.2, 0.25) is 0 Å². The number of carboxylic acids is 1. The Morgan fingerprint density at radius 3 is 2.41 bits per heavy atom. The van der Waals surface area contributed by atoms with Crippen molar-refractivity contribution in [2.75, 3.05) is 6.26 Å². The van der Waals surface area contributed by atoms with E-state index >= 15 is 0 Å². The lowest BCUT2D eigenvalue weighted by Gasteiger charge is -2.17. The zero-order chi connectivity index (χ0) is 24.3. The number of carboxylic acid groups (broad SMARTS) is 1. The number of benzene rings is 3. The van der Waals surface area contributed by atoms with E-state index in [4.69, 9.17) is 5.11 Å². The molecule has 0 aliphatic carbocycles. The van der Waals surface area contributed by atoms with Gasteiger partial charge in [0.1, 0.15) is 0 Å². The van der Waals surface area contributed by atoms with Crippen molar-refractivity contribution in [1.29, 1.82) is 0 Å². The average molecular weight is 473 g/mol. The number of fused-ring (bicyclic) bond motifs is 1. The summed E-state index contributed by atoms with van der Waals surface area (Å²) in [6.45, 7) is 2.04. The molecule has 3 aromatic carbocycles. The molecule has 0 saturated heterocycles. The summed E-state index contributed by atoms with van der Waals surface area (Å²) in [5.41, 5.74) is 6.43. The molecule has 4 aromatic rings. The summed E-state index contributed by atoms with van der Waals surface area (Å²) in [7, 11) is -3.35. The van der Waals surface area contributed by atoms with Gasteiger partial charge < -0.3 is 5.11 Å². The molecule has 0 aliphatic heterocycles. The molecule has 0 aliphatic rings. The van der Waals surface area contributed by atoms with Gasteiger partial charge in [0.25, 0.3) is 0 Å². The van der Waals surface area contributed by atoms with Crippen molar-refractivity contribution in [3.8, 4) is 0 Å². The Morgan fingerprint density at radius 2 is 1.74 bits per heavy atom. The van der Waals surface area contributed by atoms with E-state index in [0.717, 1.165) is 50.4 Å². The number of nitrogens with one attached hydrogen (secondary N) is 1. The molecule has 6 nitrogen and oxygen atoms in total. The Hall–Kier alpha value is -3.97. The Morgan fingerprint density at radius 1 is 1.00 bits per heavy atom. The van der Waals surface area contributed by atoms with E-state index < -0.39 is 15.8 Å². The Labute approximate surface area is 198 Å². The molecule has 1 heterocycles. The van der Waals surface area contributed by atoms with E-state index in [9.17, 15) is 13.2 Å². The van der Waals surface area contributed by atoms with E-state index in [-0.39, 0.29) is 4.90 Å². The number of carbonyl (C=O) groups is 1. The summed E-state index contributed by atoms with van der Waals surface area (Å²) < 4.78 is 24.4. The van der Waals surface area contributed by atoms with Crippen LogP contribution in [0.15, 0.2) is 83.9 Å². The van der Waals surface area contributed by atoms with E-state index in [0.29, 0.717) is 6.42 Å². The fourth-order valence-electron chi connectivity index (χ4n) is 3.98. The third-order valence-corrected chi connectivity index (χ3v) is 6.72. The van der Waals surface area contributed by atoms with Crippen LogP contribution in [0.25, 0.3) is 28.1 Å². The highest BCUT2D eigenvalue weighted by Gasteiger charge is 2.16. The Balaban J connectivity index is 1.94. The molecule has 0 amide bonds. The number of allylic oxidation sites excluding steroid dienone is 1. The van der Waals surface area contributed by atoms with Crippen LogP contribution in [0.4, 0.5) is 0 Å². The second kappa shape index (κ2) is 9.49. The summed E-state index contributed by atoms with van der Waals surface area (Å²) >= 11 is 0. The highest BCUT2D eigenvalue weighted by atomic mass is 32.2. The van der Waals surface area contributed by atoms with Crippen molar-refractivity contribution in [2.24, 2.45) is 0 Å². The average Bonchev–Trinajstić information content (AvgIpc) is 3.29. The standard InChI is InChI=1S/C27H24N2O4S/c1-3-24(20-5-4-6-23(16-20)34(2,32)33)27(21-12-13-25-22(15-21)17-28-29-25)19-10-7-18(8-11-19)9-14-26(30)31/h4-17H,3H2,1-2H3,(H,28,29)(H,30,31)/b14-9+,27-24+. The lowest BCUT2D eigenvalue weighted by Crippen LogP contribution is -2.00. The SMILES string of the molecule is CC/C(=C(/c1ccc(/C=C/C(=O)O)cc1)c1ccc2[nH]ncc2c1)c1cccc(S(C)(=O)=O)c1. The van der Waals surface area contributed by atoms with Gasteiger partial charge in [-0.1, -0.05) is 49.4 Å². The van der Waals surface area contributed by atoms with Crippen LogP contribution in [-0.2, 0) is 14.6 Å². The number of H-pyrrole nitrogens is 1. The molecule has 0 saturated carbocycles. The van der Waals surface area contributed by atoms with E-state index in [1.807, 2.05) is 49.4 Å². The molecule has 0 radical (unpaired) electrons. The van der Waals surface area contributed by atoms with Gasteiger partial charge in [-0.05, 0) is 70.2 Å². The molecule has 1 aromatic heterocycles. The van der Waals surface area contributed by atoms with Gasteiger partial charge in [0.15, 0.2) is 9.84 Å². The molecule has 7 heteroatoms. The molecule has 4 rings (SSSR count). The highest BCUT2D eigenvalue weighted by Crippen LogP contribution is 2.36. The minimum absolute atomic E-state index is 0.273. The van der Waals surface area contributed by atoms with Crippen LogP contribution < -0.4 is 0 Å². The van der Waals surface area contributed by atoms with Crippen molar-refractivity contribution in [1.82, 2.24) is 10.2 Å². The third-order valence-electron chi connectivity index (χ3n) is 5.61. The van der Waals surface area contributed by atoms with Gasteiger partial charge in [-0.15, -0.1) is 0 Å². The van der Waals surface area contributed by atoms with E-state index in [2.05, 4.69) is 16.3 Å². The normalized spacial score (nSPS) is 12.8. The molecule has 0 unspecified atom stereocenters. The van der Waals surface area contributed by atoms with Gasteiger partial charge in [0.05, 0.1) is 16.6 Å². The first-order valence-corrected chi connectivity index (χ1v) is 12.6. The van der Waals surface area contributed by atoms with Gasteiger partial charge >= 0.3 is 5.97 Å². The lowest BCUT2D eigenvalue weighted by atomic mass is 9.87. The number of nitrogens with zero attached hydrogens (tertiary/aromatic N) is 1. The second-order valence-corrected chi connectivity index (χ2v) is 9.99. The molecule has 172 valence electrons. The number of aromatic nitrogens is 2. The number of aliphatic carboxylic acids is 1. The van der Waals surface area contributed by atoms with Crippen LogP contribution in [-0.4, -0.2) is 35.9 Å². The molecule has 34 heavy (non-hydrogen) atoms. The topological polar surface area (TPSA) is 100 Å². The first-order valence-electron chi connectivity index (χ1n) is 10.7. The lowest BCUT2D eigenvalue weighted by molar-refractivity contribution is -0.131. The van der Waals surface area contributed by atoms with Gasteiger partial charge in [-0.25, -0.2) is 13.2 Å². The molecule has 0 spiro atoms. The van der Waals surface area contributed by atoms with Crippen molar-refractivity contribution < 1.29 is 18.3 Å². The smallest absolute Gasteiger partial charge is 0.328 e. The predicted octanol–water partition coefficient (Wildman–Crippen LogP) is 5.43. The zero-order valence-corrected chi connectivity index (χ0v) is 19.6. The maximum atomic E-state index is 12.2. The van der Waals surface area contributed by atoms with Gasteiger partial charge in [0.2, 0.25) is 0 Å². The van der Waals surface area contributed by atoms with Crippen molar-refractivity contribution >= 4 is 43.9 Å². The summed E-state index contributed by atoms with van der Waals surface area (Å²) in [4.78, 5) is 11.1. The summed E-state index contributed by atoms with van der Waals surface area (Å²) in [6.07, 6.45) is 6.30. The second-order valence-electron chi connectivity index (χ2n) is 7.97. The molecular formula is C27H24N2O4S. The van der Waals surface area contributed by atoms with E-state index in [1.165, 1.54) is 6.26 Å². The van der Waals surface area contributed by atoms with Crippen molar-refractivity contribution in [2.45, 2.75) is 18.2 Å².